The zero-order valence-corrected chi connectivity index (χ0v) is 7.25. The van der Waals surface area contributed by atoms with Crippen LogP contribution in [-0.2, 0) is 4.79 Å². The second-order valence-electron chi connectivity index (χ2n) is 3.87. The summed E-state index contributed by atoms with van der Waals surface area (Å²) in [4.78, 5) is 13.1. The maximum Gasteiger partial charge on any atom is 0.140 e. The van der Waals surface area contributed by atoms with Gasteiger partial charge in [-0.3, -0.25) is 4.90 Å². The molecule has 1 saturated carbocycles. The van der Waals surface area contributed by atoms with Gasteiger partial charge >= 0.3 is 0 Å². The fourth-order valence-electron chi connectivity index (χ4n) is 1.88. The summed E-state index contributed by atoms with van der Waals surface area (Å²) in [5.74, 6) is 0. The number of hydrogen-bond donors (Lipinski definition) is 1. The molecule has 0 amide bonds. The van der Waals surface area contributed by atoms with Crippen LogP contribution >= 0.6 is 0 Å². The van der Waals surface area contributed by atoms with Gasteiger partial charge in [-0.25, -0.2) is 0 Å². The molecule has 0 bridgehead atoms. The van der Waals surface area contributed by atoms with Crippen molar-refractivity contribution in [3.05, 3.63) is 6.04 Å². The molecule has 67 valence electrons. The Balaban J connectivity index is 1.93. The van der Waals surface area contributed by atoms with E-state index in [1.807, 2.05) is 0 Å². The van der Waals surface area contributed by atoms with Gasteiger partial charge in [0.25, 0.3) is 0 Å². The summed E-state index contributed by atoms with van der Waals surface area (Å²) in [6.45, 7) is 1.95. The van der Waals surface area contributed by atoms with E-state index in [2.05, 4.69) is 4.90 Å². The van der Waals surface area contributed by atoms with Gasteiger partial charge < -0.3 is 10.5 Å². The number of nitrogens with two attached hydrogens (primary N) is 1. The standard InChI is InChI=1S/C9H15N2O/c10-8-1-5-11(6-2-8)9(7-12)3-4-9/h7H,1-6,10H2. The van der Waals surface area contributed by atoms with E-state index in [1.54, 1.807) is 0 Å². The first-order valence-corrected chi connectivity index (χ1v) is 4.58. The van der Waals surface area contributed by atoms with Gasteiger partial charge in [-0.15, -0.1) is 0 Å². The molecule has 3 heteroatoms. The first-order chi connectivity index (χ1) is 5.77. The maximum atomic E-state index is 10.8. The summed E-state index contributed by atoms with van der Waals surface area (Å²) in [7, 11) is 0. The van der Waals surface area contributed by atoms with Gasteiger partial charge in [0.15, 0.2) is 0 Å². The molecule has 2 N–H and O–H groups in total. The van der Waals surface area contributed by atoms with E-state index in [0.717, 1.165) is 51.1 Å². The van der Waals surface area contributed by atoms with Crippen LogP contribution in [0.2, 0.25) is 0 Å². The quantitative estimate of drug-likeness (QED) is 0.602. The lowest BCUT2D eigenvalue weighted by Gasteiger charge is -2.33. The number of aldehydes is 1. The molecule has 2 aliphatic rings. The first-order valence-electron chi connectivity index (χ1n) is 4.58. The highest BCUT2D eigenvalue weighted by Crippen LogP contribution is 2.41. The van der Waals surface area contributed by atoms with Crippen molar-refractivity contribution < 1.29 is 4.79 Å². The molecule has 0 aromatic heterocycles. The summed E-state index contributed by atoms with van der Waals surface area (Å²) in [6, 6.07) is 1.09. The van der Waals surface area contributed by atoms with Crippen molar-refractivity contribution in [2.24, 2.45) is 5.73 Å². The molecule has 1 saturated heterocycles. The third kappa shape index (κ3) is 1.27. The molecule has 0 spiro atoms. The van der Waals surface area contributed by atoms with Crippen LogP contribution in [0.4, 0.5) is 0 Å². The average molecular weight is 167 g/mol. The van der Waals surface area contributed by atoms with Gasteiger partial charge in [-0.1, -0.05) is 0 Å². The Morgan fingerprint density at radius 3 is 2.33 bits per heavy atom. The van der Waals surface area contributed by atoms with E-state index >= 15 is 0 Å². The van der Waals surface area contributed by atoms with Crippen LogP contribution in [0.5, 0.6) is 0 Å². The van der Waals surface area contributed by atoms with Crippen molar-refractivity contribution >= 4 is 6.29 Å². The topological polar surface area (TPSA) is 46.3 Å². The Kier molecular flexibility index (Phi) is 1.93. The summed E-state index contributed by atoms with van der Waals surface area (Å²) >= 11 is 0. The van der Waals surface area contributed by atoms with E-state index in [-0.39, 0.29) is 5.54 Å². The van der Waals surface area contributed by atoms with Crippen molar-refractivity contribution in [1.29, 1.82) is 0 Å². The van der Waals surface area contributed by atoms with Crippen LogP contribution in [0.1, 0.15) is 25.7 Å². The molecule has 0 aromatic carbocycles. The highest BCUT2D eigenvalue weighted by molar-refractivity contribution is 5.68. The molecule has 3 nitrogen and oxygen atoms in total. The van der Waals surface area contributed by atoms with Crippen LogP contribution in [0, 0.1) is 6.04 Å². The zero-order chi connectivity index (χ0) is 8.60. The summed E-state index contributed by atoms with van der Waals surface area (Å²) in [5, 5.41) is 0. The number of piperidine rings is 1. The minimum Gasteiger partial charge on any atom is -0.323 e. The third-order valence-corrected chi connectivity index (χ3v) is 3.02. The predicted octanol–water partition coefficient (Wildman–Crippen LogP) is 0.304. The fraction of sp³-hybridized carbons (Fsp3) is 0.778. The monoisotopic (exact) mass is 167 g/mol. The van der Waals surface area contributed by atoms with Crippen LogP contribution in [0.15, 0.2) is 0 Å². The molecule has 1 aliphatic carbocycles. The van der Waals surface area contributed by atoms with E-state index in [9.17, 15) is 4.79 Å². The maximum absolute atomic E-state index is 10.8. The molecular formula is C9H15N2O. The Morgan fingerprint density at radius 2 is 1.92 bits per heavy atom. The molecule has 1 heterocycles. The number of likely N-dealkylation sites (tertiary alicyclic amines) is 1. The van der Waals surface area contributed by atoms with Gasteiger partial charge in [0.1, 0.15) is 6.29 Å². The lowest BCUT2D eigenvalue weighted by atomic mass is 10.0. The van der Waals surface area contributed by atoms with Gasteiger partial charge in [-0.05, 0) is 25.7 Å². The van der Waals surface area contributed by atoms with E-state index in [4.69, 9.17) is 5.73 Å². The minimum absolute atomic E-state index is 0.0687. The third-order valence-electron chi connectivity index (χ3n) is 3.02. The van der Waals surface area contributed by atoms with Gasteiger partial charge in [0.2, 0.25) is 0 Å². The summed E-state index contributed by atoms with van der Waals surface area (Å²) < 4.78 is 0. The molecular weight excluding hydrogens is 152 g/mol. The van der Waals surface area contributed by atoms with Gasteiger partial charge in [-0.2, -0.15) is 0 Å². The predicted molar refractivity (Wildman–Crippen MR) is 46.3 cm³/mol. The normalized spacial score (nSPS) is 30.1. The Bertz CT molecular complexity index is 181. The molecule has 12 heavy (non-hydrogen) atoms. The number of carbonyl (C=O) groups excluding carboxylic acids is 1. The number of hydrogen-bond acceptors (Lipinski definition) is 3. The van der Waals surface area contributed by atoms with Crippen molar-refractivity contribution in [3.63, 3.8) is 0 Å². The molecule has 0 aromatic rings. The lowest BCUT2D eigenvalue weighted by Crippen LogP contribution is -2.44. The van der Waals surface area contributed by atoms with Crippen LogP contribution in [0.25, 0.3) is 0 Å². The van der Waals surface area contributed by atoms with Crippen molar-refractivity contribution in [2.75, 3.05) is 13.1 Å². The zero-order valence-electron chi connectivity index (χ0n) is 7.25. The lowest BCUT2D eigenvalue weighted by molar-refractivity contribution is -0.114. The van der Waals surface area contributed by atoms with E-state index in [1.165, 1.54) is 0 Å². The van der Waals surface area contributed by atoms with E-state index < -0.39 is 0 Å². The molecule has 1 radical (unpaired) electrons. The molecule has 0 atom stereocenters. The molecule has 2 rings (SSSR count). The highest BCUT2D eigenvalue weighted by atomic mass is 16.1. The molecule has 1 aliphatic heterocycles. The Hall–Kier alpha value is -0.410. The van der Waals surface area contributed by atoms with Crippen LogP contribution in [-0.4, -0.2) is 29.8 Å². The van der Waals surface area contributed by atoms with Crippen LogP contribution in [0.3, 0.4) is 0 Å². The average Bonchev–Trinajstić information content (AvgIpc) is 2.86. The number of rotatable bonds is 2. The summed E-state index contributed by atoms with van der Waals surface area (Å²) in [5.41, 5.74) is 5.64. The SMILES string of the molecule is N[C]1CCN(C2(C=O)CC2)CC1. The minimum atomic E-state index is -0.0687. The van der Waals surface area contributed by atoms with Crippen molar-refractivity contribution in [2.45, 2.75) is 31.2 Å². The first kappa shape index (κ1) is 8.20. The Morgan fingerprint density at radius 1 is 1.33 bits per heavy atom. The van der Waals surface area contributed by atoms with Crippen LogP contribution < -0.4 is 5.73 Å². The Labute approximate surface area is 72.9 Å². The second kappa shape index (κ2) is 2.82. The molecule has 0 unspecified atom stereocenters. The fourth-order valence-corrected chi connectivity index (χ4v) is 1.88. The second-order valence-corrected chi connectivity index (χ2v) is 3.87. The summed E-state index contributed by atoms with van der Waals surface area (Å²) in [6.07, 6.45) is 5.16. The van der Waals surface area contributed by atoms with Gasteiger partial charge in [0.05, 0.1) is 5.54 Å². The van der Waals surface area contributed by atoms with Gasteiger partial charge in [0, 0.05) is 19.1 Å². The number of nitrogens with zero attached hydrogens (tertiary/aromatic N) is 1. The van der Waals surface area contributed by atoms with E-state index in [0.29, 0.717) is 0 Å². The largest absolute Gasteiger partial charge is 0.323 e. The molecule has 2 fully saturated rings. The number of carbonyl (C=O) groups is 1. The smallest absolute Gasteiger partial charge is 0.140 e. The highest BCUT2D eigenvalue weighted by Gasteiger charge is 2.48. The van der Waals surface area contributed by atoms with Crippen molar-refractivity contribution in [3.8, 4) is 0 Å². The van der Waals surface area contributed by atoms with Crippen molar-refractivity contribution in [1.82, 2.24) is 4.90 Å².